The van der Waals surface area contributed by atoms with Gasteiger partial charge in [-0.25, -0.2) is 5.43 Å². The van der Waals surface area contributed by atoms with Gasteiger partial charge in [0.05, 0.1) is 30.5 Å². The van der Waals surface area contributed by atoms with E-state index >= 15 is 0 Å². The predicted octanol–water partition coefficient (Wildman–Crippen LogP) is 3.77. The van der Waals surface area contributed by atoms with Gasteiger partial charge in [0.2, 0.25) is 0 Å². The van der Waals surface area contributed by atoms with Crippen LogP contribution in [0.15, 0.2) is 41.5 Å². The van der Waals surface area contributed by atoms with Crippen molar-refractivity contribution in [3.63, 3.8) is 0 Å². The molecule has 0 aromatic heterocycles. The van der Waals surface area contributed by atoms with Crippen molar-refractivity contribution in [2.24, 2.45) is 5.10 Å². The standard InChI is InChI=1S/C16H14Cl2N2O3/c1-22-14-6-4-11(8-15(14)23-2)16(21)20-19-9-10-3-5-12(17)13(18)7-10/h3-9H,1-2H3,(H,20,21)/b19-9-. The quantitative estimate of drug-likeness (QED) is 0.658. The van der Waals surface area contributed by atoms with Crippen LogP contribution in [0, 0.1) is 0 Å². The Morgan fingerprint density at radius 3 is 2.43 bits per heavy atom. The Bertz CT molecular complexity index is 748. The fraction of sp³-hybridized carbons (Fsp3) is 0.125. The molecule has 7 heteroatoms. The largest absolute Gasteiger partial charge is 0.493 e. The topological polar surface area (TPSA) is 59.9 Å². The van der Waals surface area contributed by atoms with Gasteiger partial charge < -0.3 is 9.47 Å². The molecule has 0 fully saturated rings. The average Bonchev–Trinajstić information content (AvgIpc) is 2.57. The number of carbonyl (C=O) groups is 1. The molecule has 1 N–H and O–H groups in total. The summed E-state index contributed by atoms with van der Waals surface area (Å²) in [6.07, 6.45) is 1.47. The zero-order valence-corrected chi connectivity index (χ0v) is 14.0. The molecule has 120 valence electrons. The summed E-state index contributed by atoms with van der Waals surface area (Å²) in [5, 5.41) is 4.76. The van der Waals surface area contributed by atoms with E-state index in [4.69, 9.17) is 32.7 Å². The number of methoxy groups -OCH3 is 2. The minimum atomic E-state index is -0.373. The first-order valence-electron chi connectivity index (χ1n) is 6.55. The Morgan fingerprint density at radius 1 is 1.04 bits per heavy atom. The number of hydrogen-bond acceptors (Lipinski definition) is 4. The van der Waals surface area contributed by atoms with E-state index in [0.717, 1.165) is 0 Å². The molecule has 0 aliphatic carbocycles. The van der Waals surface area contributed by atoms with Crippen LogP contribution < -0.4 is 14.9 Å². The molecular formula is C16H14Cl2N2O3. The maximum atomic E-state index is 12.1. The van der Waals surface area contributed by atoms with Gasteiger partial charge in [-0.2, -0.15) is 5.10 Å². The van der Waals surface area contributed by atoms with Crippen molar-refractivity contribution in [1.82, 2.24) is 5.43 Å². The third-order valence-electron chi connectivity index (χ3n) is 2.97. The molecule has 0 spiro atoms. The molecule has 0 saturated carbocycles. The Kier molecular flexibility index (Phi) is 5.84. The third-order valence-corrected chi connectivity index (χ3v) is 3.71. The SMILES string of the molecule is COc1ccc(C(=O)N/N=C\c2ccc(Cl)c(Cl)c2)cc1OC. The summed E-state index contributed by atoms with van der Waals surface area (Å²) in [4.78, 5) is 12.1. The molecule has 1 amide bonds. The van der Waals surface area contributed by atoms with Crippen LogP contribution in [0.25, 0.3) is 0 Å². The van der Waals surface area contributed by atoms with Gasteiger partial charge in [0, 0.05) is 5.56 Å². The van der Waals surface area contributed by atoms with E-state index in [1.54, 1.807) is 36.4 Å². The molecule has 0 atom stereocenters. The van der Waals surface area contributed by atoms with Crippen molar-refractivity contribution in [1.29, 1.82) is 0 Å². The number of benzene rings is 2. The van der Waals surface area contributed by atoms with Gasteiger partial charge in [0.25, 0.3) is 5.91 Å². The average molecular weight is 353 g/mol. The summed E-state index contributed by atoms with van der Waals surface area (Å²) in [5.41, 5.74) is 3.54. The number of halogens is 2. The summed E-state index contributed by atoms with van der Waals surface area (Å²) in [6, 6.07) is 9.88. The van der Waals surface area contributed by atoms with Gasteiger partial charge in [-0.15, -0.1) is 0 Å². The second kappa shape index (κ2) is 7.85. The van der Waals surface area contributed by atoms with Crippen LogP contribution >= 0.6 is 23.2 Å². The normalized spacial score (nSPS) is 10.6. The second-order valence-electron chi connectivity index (χ2n) is 4.44. The maximum Gasteiger partial charge on any atom is 0.271 e. The molecule has 2 aromatic carbocycles. The van der Waals surface area contributed by atoms with Crippen LogP contribution in [0.5, 0.6) is 11.5 Å². The summed E-state index contributed by atoms with van der Waals surface area (Å²) in [6.45, 7) is 0. The number of nitrogens with one attached hydrogen (secondary N) is 1. The van der Waals surface area contributed by atoms with Crippen molar-refractivity contribution in [3.05, 3.63) is 57.6 Å². The molecular weight excluding hydrogens is 339 g/mol. The van der Waals surface area contributed by atoms with Crippen LogP contribution in [0.4, 0.5) is 0 Å². The fourth-order valence-electron chi connectivity index (χ4n) is 1.80. The van der Waals surface area contributed by atoms with E-state index in [0.29, 0.717) is 32.7 Å². The highest BCUT2D eigenvalue weighted by Gasteiger charge is 2.09. The lowest BCUT2D eigenvalue weighted by Crippen LogP contribution is -2.17. The third kappa shape index (κ3) is 4.37. The van der Waals surface area contributed by atoms with Gasteiger partial charge in [0.15, 0.2) is 11.5 Å². The molecule has 0 aliphatic heterocycles. The fourth-order valence-corrected chi connectivity index (χ4v) is 2.11. The Morgan fingerprint density at radius 2 is 1.78 bits per heavy atom. The van der Waals surface area contributed by atoms with E-state index in [1.165, 1.54) is 20.4 Å². The number of hydrogen-bond donors (Lipinski definition) is 1. The van der Waals surface area contributed by atoms with Crippen LogP contribution in [0.3, 0.4) is 0 Å². The van der Waals surface area contributed by atoms with Crippen LogP contribution in [0.1, 0.15) is 15.9 Å². The molecule has 23 heavy (non-hydrogen) atoms. The minimum absolute atomic E-state index is 0.373. The summed E-state index contributed by atoms with van der Waals surface area (Å²) in [7, 11) is 3.03. The number of hydrazone groups is 1. The summed E-state index contributed by atoms with van der Waals surface area (Å²) >= 11 is 11.7. The van der Waals surface area contributed by atoms with E-state index in [9.17, 15) is 4.79 Å². The number of amides is 1. The second-order valence-corrected chi connectivity index (χ2v) is 5.26. The van der Waals surface area contributed by atoms with Gasteiger partial charge in [-0.05, 0) is 35.9 Å². The molecule has 0 unspecified atom stereocenters. The molecule has 0 radical (unpaired) electrons. The van der Waals surface area contributed by atoms with Gasteiger partial charge in [-0.1, -0.05) is 29.3 Å². The lowest BCUT2D eigenvalue weighted by atomic mass is 10.2. The number of carbonyl (C=O) groups excluding carboxylic acids is 1. The molecule has 0 heterocycles. The molecule has 0 bridgehead atoms. The summed E-state index contributed by atoms with van der Waals surface area (Å²) in [5.74, 6) is 0.638. The highest BCUT2D eigenvalue weighted by Crippen LogP contribution is 2.27. The molecule has 0 saturated heterocycles. The molecule has 2 rings (SSSR count). The van der Waals surface area contributed by atoms with E-state index in [-0.39, 0.29) is 5.91 Å². The van der Waals surface area contributed by atoms with Crippen molar-refractivity contribution in [2.45, 2.75) is 0 Å². The first kappa shape index (κ1) is 17.1. The molecule has 0 aliphatic rings. The molecule has 2 aromatic rings. The maximum absolute atomic E-state index is 12.1. The van der Waals surface area contributed by atoms with E-state index in [1.807, 2.05) is 0 Å². The smallest absolute Gasteiger partial charge is 0.271 e. The molecule has 5 nitrogen and oxygen atoms in total. The van der Waals surface area contributed by atoms with Crippen molar-refractivity contribution in [3.8, 4) is 11.5 Å². The van der Waals surface area contributed by atoms with Crippen LogP contribution in [-0.2, 0) is 0 Å². The van der Waals surface area contributed by atoms with E-state index < -0.39 is 0 Å². The first-order chi connectivity index (χ1) is 11.0. The number of nitrogens with zero attached hydrogens (tertiary/aromatic N) is 1. The monoisotopic (exact) mass is 352 g/mol. The summed E-state index contributed by atoms with van der Waals surface area (Å²) < 4.78 is 10.3. The van der Waals surface area contributed by atoms with Crippen molar-refractivity contribution < 1.29 is 14.3 Å². The number of ether oxygens (including phenoxy) is 2. The van der Waals surface area contributed by atoms with E-state index in [2.05, 4.69) is 10.5 Å². The van der Waals surface area contributed by atoms with Gasteiger partial charge in [0.1, 0.15) is 0 Å². The van der Waals surface area contributed by atoms with Gasteiger partial charge in [-0.3, -0.25) is 4.79 Å². The van der Waals surface area contributed by atoms with Crippen LogP contribution in [0.2, 0.25) is 10.0 Å². The first-order valence-corrected chi connectivity index (χ1v) is 7.31. The predicted molar refractivity (Wildman–Crippen MR) is 91.1 cm³/mol. The lowest BCUT2D eigenvalue weighted by molar-refractivity contribution is 0.0954. The Hall–Kier alpha value is -2.24. The lowest BCUT2D eigenvalue weighted by Gasteiger charge is -2.08. The number of rotatable bonds is 5. The van der Waals surface area contributed by atoms with Crippen molar-refractivity contribution >= 4 is 35.3 Å². The van der Waals surface area contributed by atoms with Crippen LogP contribution in [-0.4, -0.2) is 26.3 Å². The van der Waals surface area contributed by atoms with Gasteiger partial charge >= 0.3 is 0 Å². The Balaban J connectivity index is 2.07. The zero-order valence-electron chi connectivity index (χ0n) is 12.5. The zero-order chi connectivity index (χ0) is 16.8. The highest BCUT2D eigenvalue weighted by molar-refractivity contribution is 6.42. The minimum Gasteiger partial charge on any atom is -0.493 e. The highest BCUT2D eigenvalue weighted by atomic mass is 35.5. The van der Waals surface area contributed by atoms with Crippen molar-refractivity contribution in [2.75, 3.05) is 14.2 Å². The Labute approximate surface area is 143 Å².